The van der Waals surface area contributed by atoms with Gasteiger partial charge in [0.25, 0.3) is 11.8 Å². The first-order valence-electron chi connectivity index (χ1n) is 9.15. The van der Waals surface area contributed by atoms with Crippen LogP contribution < -0.4 is 15.4 Å². The molecule has 2 N–H and O–H groups in total. The molecule has 9 nitrogen and oxygen atoms in total. The largest absolute Gasteiger partial charge is 0.484 e. The molecule has 0 aromatic heterocycles. The van der Waals surface area contributed by atoms with Crippen LogP contribution in [0.3, 0.4) is 0 Å². The number of ether oxygens (including phenoxy) is 3. The van der Waals surface area contributed by atoms with Crippen molar-refractivity contribution in [1.29, 1.82) is 0 Å². The van der Waals surface area contributed by atoms with Crippen LogP contribution in [0.25, 0.3) is 0 Å². The van der Waals surface area contributed by atoms with E-state index in [0.29, 0.717) is 5.75 Å². The topological polar surface area (TPSA) is 120 Å². The van der Waals surface area contributed by atoms with Crippen LogP contribution in [0.15, 0.2) is 54.6 Å². The molecular formula is C21H22N2O7. The Labute approximate surface area is 173 Å². The summed E-state index contributed by atoms with van der Waals surface area (Å²) >= 11 is 0. The number of para-hydroxylation sites is 2. The van der Waals surface area contributed by atoms with E-state index in [-0.39, 0.29) is 24.5 Å². The third-order valence-corrected chi connectivity index (χ3v) is 3.60. The Hall–Kier alpha value is -3.88. The monoisotopic (exact) mass is 414 g/mol. The van der Waals surface area contributed by atoms with Crippen molar-refractivity contribution in [3.63, 3.8) is 0 Å². The summed E-state index contributed by atoms with van der Waals surface area (Å²) in [4.78, 5) is 47.3. The Morgan fingerprint density at radius 3 is 2.27 bits per heavy atom. The Bertz CT molecular complexity index is 884. The van der Waals surface area contributed by atoms with E-state index in [2.05, 4.69) is 10.6 Å². The highest BCUT2D eigenvalue weighted by Gasteiger charge is 2.15. The standard InChI is InChI=1S/C21H22N2O7/c1-2-28-21(27)16-10-6-7-11-17(16)23-19(25)14-30-20(26)12-22-18(24)13-29-15-8-4-3-5-9-15/h3-11H,2,12-14H2,1H3,(H,22,24)(H,23,25). The Kier molecular flexibility index (Phi) is 8.85. The molecule has 2 aromatic rings. The quantitative estimate of drug-likeness (QED) is 0.566. The smallest absolute Gasteiger partial charge is 0.340 e. The van der Waals surface area contributed by atoms with Gasteiger partial charge in [-0.05, 0) is 31.2 Å². The lowest BCUT2D eigenvalue weighted by atomic mass is 10.2. The van der Waals surface area contributed by atoms with Gasteiger partial charge in [0.1, 0.15) is 12.3 Å². The molecule has 0 unspecified atom stereocenters. The van der Waals surface area contributed by atoms with E-state index in [1.165, 1.54) is 12.1 Å². The van der Waals surface area contributed by atoms with Gasteiger partial charge in [0.15, 0.2) is 13.2 Å². The van der Waals surface area contributed by atoms with E-state index in [4.69, 9.17) is 14.2 Å². The molecule has 158 valence electrons. The van der Waals surface area contributed by atoms with Gasteiger partial charge in [-0.1, -0.05) is 30.3 Å². The summed E-state index contributed by atoms with van der Waals surface area (Å²) in [6.45, 7) is 0.616. The molecule has 2 rings (SSSR count). The van der Waals surface area contributed by atoms with Crippen LogP contribution in [0.2, 0.25) is 0 Å². The summed E-state index contributed by atoms with van der Waals surface area (Å²) in [5.74, 6) is -2.00. The Morgan fingerprint density at radius 1 is 0.833 bits per heavy atom. The molecule has 0 spiro atoms. The molecular weight excluding hydrogens is 392 g/mol. The number of esters is 2. The number of carbonyl (C=O) groups is 4. The summed E-state index contributed by atoms with van der Waals surface area (Å²) < 4.78 is 15.0. The van der Waals surface area contributed by atoms with E-state index in [0.717, 1.165) is 0 Å². The predicted molar refractivity (Wildman–Crippen MR) is 107 cm³/mol. The van der Waals surface area contributed by atoms with E-state index in [1.54, 1.807) is 43.3 Å². The average molecular weight is 414 g/mol. The van der Waals surface area contributed by atoms with Crippen LogP contribution in [0.1, 0.15) is 17.3 Å². The van der Waals surface area contributed by atoms with Crippen LogP contribution >= 0.6 is 0 Å². The van der Waals surface area contributed by atoms with Crippen molar-refractivity contribution in [2.45, 2.75) is 6.92 Å². The van der Waals surface area contributed by atoms with Crippen molar-refractivity contribution in [2.75, 3.05) is 31.7 Å². The molecule has 0 atom stereocenters. The van der Waals surface area contributed by atoms with Gasteiger partial charge < -0.3 is 24.8 Å². The molecule has 2 aromatic carbocycles. The van der Waals surface area contributed by atoms with E-state index in [9.17, 15) is 19.2 Å². The van der Waals surface area contributed by atoms with Gasteiger partial charge in [0.2, 0.25) is 0 Å². The van der Waals surface area contributed by atoms with Crippen molar-refractivity contribution < 1.29 is 33.4 Å². The summed E-state index contributed by atoms with van der Waals surface area (Å²) in [5, 5.41) is 4.82. The first kappa shape index (κ1) is 22.4. The predicted octanol–water partition coefficient (Wildman–Crippen LogP) is 1.54. The van der Waals surface area contributed by atoms with Gasteiger partial charge in [0, 0.05) is 0 Å². The lowest BCUT2D eigenvalue weighted by molar-refractivity contribution is -0.147. The summed E-state index contributed by atoms with van der Waals surface area (Å²) in [7, 11) is 0. The molecule has 9 heteroatoms. The van der Waals surface area contributed by atoms with Gasteiger partial charge in [-0.2, -0.15) is 0 Å². The zero-order valence-corrected chi connectivity index (χ0v) is 16.4. The lowest BCUT2D eigenvalue weighted by Gasteiger charge is -2.11. The minimum atomic E-state index is -0.795. The highest BCUT2D eigenvalue weighted by molar-refractivity contribution is 6.01. The number of rotatable bonds is 10. The molecule has 30 heavy (non-hydrogen) atoms. The molecule has 0 aliphatic rings. The zero-order valence-electron chi connectivity index (χ0n) is 16.4. The molecule has 2 amide bonds. The highest BCUT2D eigenvalue weighted by Crippen LogP contribution is 2.16. The second kappa shape index (κ2) is 11.8. The molecule has 0 aliphatic heterocycles. The summed E-state index contributed by atoms with van der Waals surface area (Å²) in [6.07, 6.45) is 0. The van der Waals surface area contributed by atoms with E-state index >= 15 is 0 Å². The fourth-order valence-corrected chi connectivity index (χ4v) is 2.25. The van der Waals surface area contributed by atoms with Crippen molar-refractivity contribution in [3.8, 4) is 5.75 Å². The zero-order chi connectivity index (χ0) is 21.8. The maximum absolute atomic E-state index is 12.0. The number of amides is 2. The first-order valence-corrected chi connectivity index (χ1v) is 9.15. The third kappa shape index (κ3) is 7.63. The minimum absolute atomic E-state index is 0.185. The van der Waals surface area contributed by atoms with Gasteiger partial charge in [-0.3, -0.25) is 14.4 Å². The summed E-state index contributed by atoms with van der Waals surface area (Å²) in [5.41, 5.74) is 0.424. The lowest BCUT2D eigenvalue weighted by Crippen LogP contribution is -2.35. The van der Waals surface area contributed by atoms with Crippen LogP contribution in [0, 0.1) is 0 Å². The Morgan fingerprint density at radius 2 is 1.53 bits per heavy atom. The van der Waals surface area contributed by atoms with Crippen LogP contribution in [0.5, 0.6) is 5.75 Å². The maximum atomic E-state index is 12.0. The SMILES string of the molecule is CCOC(=O)c1ccccc1NC(=O)COC(=O)CNC(=O)COc1ccccc1. The number of hydrogen-bond acceptors (Lipinski definition) is 7. The normalized spacial score (nSPS) is 9.90. The second-order valence-corrected chi connectivity index (χ2v) is 5.85. The van der Waals surface area contributed by atoms with Crippen molar-refractivity contribution in [1.82, 2.24) is 5.32 Å². The number of carbonyl (C=O) groups excluding carboxylic acids is 4. The molecule has 0 saturated heterocycles. The summed E-state index contributed by atoms with van der Waals surface area (Å²) in [6, 6.07) is 15.0. The number of benzene rings is 2. The van der Waals surface area contributed by atoms with Gasteiger partial charge in [-0.15, -0.1) is 0 Å². The second-order valence-electron chi connectivity index (χ2n) is 5.85. The fourth-order valence-electron chi connectivity index (χ4n) is 2.25. The molecule has 0 aliphatic carbocycles. The van der Waals surface area contributed by atoms with Gasteiger partial charge in [-0.25, -0.2) is 4.79 Å². The number of anilines is 1. The van der Waals surface area contributed by atoms with Crippen LogP contribution in [0.4, 0.5) is 5.69 Å². The van der Waals surface area contributed by atoms with Crippen molar-refractivity contribution in [2.24, 2.45) is 0 Å². The molecule has 0 fully saturated rings. The number of nitrogens with one attached hydrogen (secondary N) is 2. The van der Waals surface area contributed by atoms with Crippen LogP contribution in [-0.2, 0) is 23.9 Å². The number of hydrogen-bond donors (Lipinski definition) is 2. The fraction of sp³-hybridized carbons (Fsp3) is 0.238. The molecule has 0 saturated carbocycles. The van der Waals surface area contributed by atoms with Gasteiger partial charge >= 0.3 is 11.9 Å². The Balaban J connectivity index is 1.71. The molecule has 0 radical (unpaired) electrons. The van der Waals surface area contributed by atoms with Crippen molar-refractivity contribution >= 4 is 29.4 Å². The van der Waals surface area contributed by atoms with Crippen molar-refractivity contribution in [3.05, 3.63) is 60.2 Å². The minimum Gasteiger partial charge on any atom is -0.484 e. The van der Waals surface area contributed by atoms with Gasteiger partial charge in [0.05, 0.1) is 17.9 Å². The van der Waals surface area contributed by atoms with E-state index < -0.39 is 36.9 Å². The maximum Gasteiger partial charge on any atom is 0.340 e. The molecule has 0 heterocycles. The third-order valence-electron chi connectivity index (χ3n) is 3.60. The first-order chi connectivity index (χ1) is 14.5. The average Bonchev–Trinajstić information content (AvgIpc) is 2.76. The van der Waals surface area contributed by atoms with Crippen LogP contribution in [-0.4, -0.2) is 50.1 Å². The van der Waals surface area contributed by atoms with E-state index in [1.807, 2.05) is 6.07 Å². The highest BCUT2D eigenvalue weighted by atomic mass is 16.5. The molecule has 0 bridgehead atoms.